The average molecular weight is 314 g/mol. The fourth-order valence-corrected chi connectivity index (χ4v) is 1.67. The Morgan fingerprint density at radius 2 is 1.81 bits per heavy atom. The van der Waals surface area contributed by atoms with Crippen LogP contribution >= 0.6 is 11.6 Å². The topological polar surface area (TPSA) is 63.2 Å². The number of nitrogens with one attached hydrogen (secondary N) is 2. The Balaban J connectivity index is 1.93. The van der Waals surface area contributed by atoms with Crippen LogP contribution in [-0.4, -0.2) is 17.6 Å². The third-order valence-electron chi connectivity index (χ3n) is 2.32. The van der Waals surface area contributed by atoms with Gasteiger partial charge in [-0.3, -0.25) is 0 Å². The number of carbonyl (C=O) groups is 1. The molecule has 0 saturated carbocycles. The van der Waals surface area contributed by atoms with Gasteiger partial charge in [0.1, 0.15) is 10.9 Å². The smallest absolute Gasteiger partial charge is 0.387 e. The van der Waals surface area contributed by atoms with E-state index < -0.39 is 12.6 Å². The van der Waals surface area contributed by atoms with Crippen LogP contribution in [0.2, 0.25) is 5.15 Å². The zero-order chi connectivity index (χ0) is 15.2. The second-order valence-corrected chi connectivity index (χ2v) is 4.24. The highest BCUT2D eigenvalue weighted by atomic mass is 35.5. The summed E-state index contributed by atoms with van der Waals surface area (Å²) < 4.78 is 28.2. The minimum Gasteiger partial charge on any atom is -0.435 e. The van der Waals surface area contributed by atoms with Crippen LogP contribution in [0, 0.1) is 0 Å². The number of anilines is 2. The summed E-state index contributed by atoms with van der Waals surface area (Å²) in [7, 11) is 0. The number of benzene rings is 1. The molecule has 0 unspecified atom stereocenters. The molecule has 1 aromatic heterocycles. The van der Waals surface area contributed by atoms with Crippen LogP contribution in [0.15, 0.2) is 42.6 Å². The lowest BCUT2D eigenvalue weighted by Crippen LogP contribution is -2.19. The first kappa shape index (κ1) is 15.0. The summed E-state index contributed by atoms with van der Waals surface area (Å²) in [6, 6.07) is 8.09. The molecule has 0 spiro atoms. The van der Waals surface area contributed by atoms with Crippen molar-refractivity contribution in [3.8, 4) is 5.75 Å². The van der Waals surface area contributed by atoms with E-state index in [0.717, 1.165) is 0 Å². The normalized spacial score (nSPS) is 10.3. The van der Waals surface area contributed by atoms with Crippen molar-refractivity contribution in [1.29, 1.82) is 0 Å². The summed E-state index contributed by atoms with van der Waals surface area (Å²) in [6.45, 7) is -2.89. The number of amides is 2. The van der Waals surface area contributed by atoms with Crippen molar-refractivity contribution in [3.05, 3.63) is 47.7 Å². The standard InChI is InChI=1S/C13H10ClF2N3O2/c14-11-7-9(5-6-17-11)19-13(20)18-8-1-3-10(4-2-8)21-12(15)16/h1-7,12H,(H2,17,18,19,20). The zero-order valence-electron chi connectivity index (χ0n) is 10.5. The molecular weight excluding hydrogens is 304 g/mol. The number of nitrogens with zero attached hydrogens (tertiary/aromatic N) is 1. The first-order valence-electron chi connectivity index (χ1n) is 5.77. The largest absolute Gasteiger partial charge is 0.435 e. The molecule has 110 valence electrons. The first-order chi connectivity index (χ1) is 10.0. The Morgan fingerprint density at radius 1 is 1.14 bits per heavy atom. The van der Waals surface area contributed by atoms with Gasteiger partial charge in [0.15, 0.2) is 0 Å². The molecule has 2 rings (SSSR count). The van der Waals surface area contributed by atoms with Gasteiger partial charge in [0, 0.05) is 17.6 Å². The van der Waals surface area contributed by atoms with Crippen LogP contribution in [0.5, 0.6) is 5.75 Å². The van der Waals surface area contributed by atoms with Crippen LogP contribution < -0.4 is 15.4 Å². The second-order valence-electron chi connectivity index (χ2n) is 3.85. The van der Waals surface area contributed by atoms with E-state index in [2.05, 4.69) is 20.4 Å². The highest BCUT2D eigenvalue weighted by Crippen LogP contribution is 2.18. The van der Waals surface area contributed by atoms with Crippen molar-refractivity contribution in [3.63, 3.8) is 0 Å². The highest BCUT2D eigenvalue weighted by molar-refractivity contribution is 6.29. The van der Waals surface area contributed by atoms with E-state index in [1.54, 1.807) is 6.07 Å². The average Bonchev–Trinajstić information content (AvgIpc) is 2.40. The van der Waals surface area contributed by atoms with E-state index in [1.807, 2.05) is 0 Å². The van der Waals surface area contributed by atoms with Crippen molar-refractivity contribution < 1.29 is 18.3 Å². The Morgan fingerprint density at radius 3 is 2.43 bits per heavy atom. The number of hydrogen-bond donors (Lipinski definition) is 2. The van der Waals surface area contributed by atoms with E-state index in [9.17, 15) is 13.6 Å². The maximum atomic E-state index is 12.0. The van der Waals surface area contributed by atoms with E-state index in [1.165, 1.54) is 36.5 Å². The van der Waals surface area contributed by atoms with Gasteiger partial charge in [-0.05, 0) is 36.4 Å². The summed E-state index contributed by atoms with van der Waals surface area (Å²) in [4.78, 5) is 15.5. The van der Waals surface area contributed by atoms with Gasteiger partial charge in [-0.15, -0.1) is 0 Å². The zero-order valence-corrected chi connectivity index (χ0v) is 11.3. The predicted octanol–water partition coefficient (Wildman–Crippen LogP) is 3.98. The van der Waals surface area contributed by atoms with Crippen LogP contribution in [0.4, 0.5) is 25.0 Å². The first-order valence-corrected chi connectivity index (χ1v) is 6.15. The molecule has 2 amide bonds. The van der Waals surface area contributed by atoms with Crippen LogP contribution in [-0.2, 0) is 0 Å². The molecule has 0 aliphatic rings. The summed E-state index contributed by atoms with van der Waals surface area (Å²) in [5, 5.41) is 5.34. The molecule has 21 heavy (non-hydrogen) atoms. The van der Waals surface area contributed by atoms with Gasteiger partial charge < -0.3 is 15.4 Å². The molecule has 8 heteroatoms. The lowest BCUT2D eigenvalue weighted by molar-refractivity contribution is -0.0498. The summed E-state index contributed by atoms with van der Waals surface area (Å²) >= 11 is 5.69. The fourth-order valence-electron chi connectivity index (χ4n) is 1.49. The van der Waals surface area contributed by atoms with Gasteiger partial charge in [0.25, 0.3) is 0 Å². The number of rotatable bonds is 4. The van der Waals surface area contributed by atoms with E-state index in [0.29, 0.717) is 11.4 Å². The molecule has 1 heterocycles. The predicted molar refractivity (Wildman–Crippen MR) is 75.0 cm³/mol. The van der Waals surface area contributed by atoms with Crippen LogP contribution in [0.1, 0.15) is 0 Å². The number of urea groups is 1. The number of carbonyl (C=O) groups excluding carboxylic acids is 1. The Kier molecular flexibility index (Phi) is 4.89. The van der Waals surface area contributed by atoms with Crippen LogP contribution in [0.25, 0.3) is 0 Å². The van der Waals surface area contributed by atoms with E-state index in [4.69, 9.17) is 11.6 Å². The Labute approximate surface area is 123 Å². The van der Waals surface area contributed by atoms with Gasteiger partial charge in [-0.25, -0.2) is 9.78 Å². The quantitative estimate of drug-likeness (QED) is 0.839. The molecule has 0 fully saturated rings. The third-order valence-corrected chi connectivity index (χ3v) is 2.53. The lowest BCUT2D eigenvalue weighted by Gasteiger charge is -2.09. The molecule has 0 atom stereocenters. The Bertz CT molecular complexity index is 623. The molecule has 0 radical (unpaired) electrons. The maximum Gasteiger partial charge on any atom is 0.387 e. The third kappa shape index (κ3) is 4.88. The minimum absolute atomic E-state index is 0.0110. The number of ether oxygens (including phenoxy) is 1. The minimum atomic E-state index is -2.89. The van der Waals surface area contributed by atoms with E-state index in [-0.39, 0.29) is 10.9 Å². The van der Waals surface area contributed by atoms with E-state index >= 15 is 0 Å². The Hall–Kier alpha value is -2.41. The fraction of sp³-hybridized carbons (Fsp3) is 0.0769. The van der Waals surface area contributed by atoms with Gasteiger partial charge in [0.05, 0.1) is 0 Å². The number of alkyl halides is 2. The molecule has 0 saturated heterocycles. The summed E-state index contributed by atoms with van der Waals surface area (Å²) in [5.41, 5.74) is 0.902. The van der Waals surface area contributed by atoms with Gasteiger partial charge in [-0.1, -0.05) is 11.6 Å². The molecular formula is C13H10ClF2N3O2. The number of pyridine rings is 1. The molecule has 0 aliphatic heterocycles. The number of hydrogen-bond acceptors (Lipinski definition) is 3. The molecule has 2 N–H and O–H groups in total. The summed E-state index contributed by atoms with van der Waals surface area (Å²) in [6.07, 6.45) is 1.45. The second kappa shape index (κ2) is 6.85. The summed E-state index contributed by atoms with van der Waals surface area (Å²) in [5.74, 6) is 0.0110. The van der Waals surface area contributed by atoms with Crippen molar-refractivity contribution in [2.45, 2.75) is 6.61 Å². The van der Waals surface area contributed by atoms with Gasteiger partial charge >= 0.3 is 12.6 Å². The molecule has 1 aromatic carbocycles. The monoisotopic (exact) mass is 313 g/mol. The molecule has 5 nitrogen and oxygen atoms in total. The van der Waals surface area contributed by atoms with Crippen molar-refractivity contribution in [2.75, 3.05) is 10.6 Å². The highest BCUT2D eigenvalue weighted by Gasteiger charge is 2.06. The molecule has 2 aromatic rings. The lowest BCUT2D eigenvalue weighted by atomic mass is 10.3. The van der Waals surface area contributed by atoms with Crippen molar-refractivity contribution >= 4 is 29.0 Å². The maximum absolute atomic E-state index is 12.0. The number of aromatic nitrogens is 1. The SMILES string of the molecule is O=C(Nc1ccc(OC(F)F)cc1)Nc1ccnc(Cl)c1. The van der Waals surface area contributed by atoms with Crippen molar-refractivity contribution in [2.24, 2.45) is 0 Å². The van der Waals surface area contributed by atoms with Gasteiger partial charge in [-0.2, -0.15) is 8.78 Å². The van der Waals surface area contributed by atoms with Crippen molar-refractivity contribution in [1.82, 2.24) is 4.98 Å². The van der Waals surface area contributed by atoms with Crippen LogP contribution in [0.3, 0.4) is 0 Å². The van der Waals surface area contributed by atoms with Gasteiger partial charge in [0.2, 0.25) is 0 Å². The molecule has 0 bridgehead atoms. The number of halogens is 3. The molecule has 0 aliphatic carbocycles.